The molecule has 0 radical (unpaired) electrons. The number of aliphatic hydroxyl groups excluding tert-OH is 4. The molecule has 11 nitrogen and oxygen atoms in total. The standard InChI is InChI=1S/C21H20O11/c22-7-13-15(25)17(27)19(29)21(32-13)30-10-5-11(24)14-12(6-10)31-20(18(28)16(14)26)8-1-3-9(23)4-2-8/h1-6,13,15,17,19,21-25,27-29H,7H2/p-1/t13-,15-,17+,19-,21-/m1/s1. The van der Waals surface area contributed by atoms with Gasteiger partial charge in [-0.25, -0.2) is 0 Å². The van der Waals surface area contributed by atoms with Crippen LogP contribution >= 0.6 is 0 Å². The van der Waals surface area contributed by atoms with Gasteiger partial charge in [0.05, 0.1) is 6.61 Å². The topological polar surface area (TPSA) is 193 Å². The van der Waals surface area contributed by atoms with E-state index in [2.05, 4.69) is 0 Å². The molecule has 1 aliphatic heterocycles. The summed E-state index contributed by atoms with van der Waals surface area (Å²) in [5.74, 6) is -2.17. The van der Waals surface area contributed by atoms with Crippen molar-refractivity contribution in [2.45, 2.75) is 30.7 Å². The van der Waals surface area contributed by atoms with E-state index in [1.54, 1.807) is 0 Å². The fraction of sp³-hybridized carbons (Fsp3) is 0.286. The molecule has 1 aliphatic rings. The molecule has 32 heavy (non-hydrogen) atoms. The highest BCUT2D eigenvalue weighted by Gasteiger charge is 2.44. The lowest BCUT2D eigenvalue weighted by molar-refractivity contribution is -0.277. The third-order valence-electron chi connectivity index (χ3n) is 5.14. The first-order chi connectivity index (χ1) is 15.2. The Morgan fingerprint density at radius 1 is 1.00 bits per heavy atom. The molecule has 2 heterocycles. The van der Waals surface area contributed by atoms with Crippen LogP contribution in [-0.2, 0) is 4.74 Å². The van der Waals surface area contributed by atoms with Gasteiger partial charge in [0.25, 0.3) is 0 Å². The zero-order chi connectivity index (χ0) is 23.2. The van der Waals surface area contributed by atoms with E-state index in [0.29, 0.717) is 0 Å². The molecule has 2 aromatic carbocycles. The minimum Gasteiger partial charge on any atom is -0.867 e. The summed E-state index contributed by atoms with van der Waals surface area (Å²) < 4.78 is 16.3. The Morgan fingerprint density at radius 3 is 2.34 bits per heavy atom. The molecule has 170 valence electrons. The first-order valence-corrected chi connectivity index (χ1v) is 9.48. The Labute approximate surface area is 179 Å². The van der Waals surface area contributed by atoms with Crippen molar-refractivity contribution in [3.05, 3.63) is 46.6 Å². The number of aliphatic hydroxyl groups is 4. The first kappa shape index (κ1) is 21.9. The van der Waals surface area contributed by atoms with Crippen LogP contribution in [0.15, 0.2) is 45.6 Å². The highest BCUT2D eigenvalue weighted by molar-refractivity contribution is 5.88. The van der Waals surface area contributed by atoms with Crippen molar-refractivity contribution in [2.75, 3.05) is 6.61 Å². The number of rotatable bonds is 4. The summed E-state index contributed by atoms with van der Waals surface area (Å²) in [7, 11) is 0. The molecule has 1 aromatic heterocycles. The van der Waals surface area contributed by atoms with Crippen molar-refractivity contribution in [3.63, 3.8) is 0 Å². The molecule has 1 saturated heterocycles. The fourth-order valence-electron chi connectivity index (χ4n) is 3.43. The molecule has 0 amide bonds. The molecule has 3 aromatic rings. The van der Waals surface area contributed by atoms with Gasteiger partial charge in [0.15, 0.2) is 5.43 Å². The predicted octanol–water partition coefficient (Wildman–Crippen LogP) is -0.877. The SMILES string of the molecule is O=c1c([O-])c(-c2ccc(O)cc2)oc2cc(O[C@@H]3O[C@H](CO)[C@@H](O)[C@H](O)[C@H]3O)cc(O)c12. The number of fused-ring (bicyclic) bond motifs is 1. The van der Waals surface area contributed by atoms with Crippen LogP contribution in [0.1, 0.15) is 0 Å². The summed E-state index contributed by atoms with van der Waals surface area (Å²) in [6.45, 7) is -0.662. The van der Waals surface area contributed by atoms with Gasteiger partial charge in [-0.05, 0) is 30.0 Å². The number of hydrogen-bond donors (Lipinski definition) is 6. The fourth-order valence-corrected chi connectivity index (χ4v) is 3.43. The monoisotopic (exact) mass is 447 g/mol. The summed E-state index contributed by atoms with van der Waals surface area (Å²) in [5.41, 5.74) is -1.02. The van der Waals surface area contributed by atoms with E-state index in [4.69, 9.17) is 13.9 Å². The van der Waals surface area contributed by atoms with Gasteiger partial charge in [-0.3, -0.25) is 4.79 Å². The normalized spacial score (nSPS) is 25.7. The average Bonchev–Trinajstić information content (AvgIpc) is 2.77. The van der Waals surface area contributed by atoms with Gasteiger partial charge in [-0.2, -0.15) is 0 Å². The lowest BCUT2D eigenvalue weighted by Crippen LogP contribution is -2.60. The summed E-state index contributed by atoms with van der Waals surface area (Å²) in [4.78, 5) is 12.5. The third-order valence-corrected chi connectivity index (χ3v) is 5.14. The Hall–Kier alpha value is -3.35. The van der Waals surface area contributed by atoms with E-state index in [9.17, 15) is 40.5 Å². The molecule has 4 rings (SSSR count). The van der Waals surface area contributed by atoms with Crippen LogP contribution < -0.4 is 15.3 Å². The van der Waals surface area contributed by atoms with E-state index in [-0.39, 0.29) is 28.4 Å². The Morgan fingerprint density at radius 2 is 1.69 bits per heavy atom. The second-order valence-corrected chi connectivity index (χ2v) is 7.27. The average molecular weight is 447 g/mol. The van der Waals surface area contributed by atoms with Gasteiger partial charge in [0.1, 0.15) is 58.4 Å². The lowest BCUT2D eigenvalue weighted by Gasteiger charge is -2.39. The van der Waals surface area contributed by atoms with E-state index in [0.717, 1.165) is 6.07 Å². The number of benzene rings is 2. The Balaban J connectivity index is 1.75. The van der Waals surface area contributed by atoms with Crippen molar-refractivity contribution < 1.29 is 49.6 Å². The van der Waals surface area contributed by atoms with Crippen molar-refractivity contribution in [1.82, 2.24) is 0 Å². The number of ether oxygens (including phenoxy) is 2. The minimum absolute atomic E-state index is 0.0582. The van der Waals surface area contributed by atoms with Gasteiger partial charge >= 0.3 is 0 Å². The smallest absolute Gasteiger partial charge is 0.229 e. The predicted molar refractivity (Wildman–Crippen MR) is 105 cm³/mol. The summed E-state index contributed by atoms with van der Waals surface area (Å²) in [5, 5.41) is 70.9. The zero-order valence-electron chi connectivity index (χ0n) is 16.3. The molecule has 0 saturated carbocycles. The van der Waals surface area contributed by atoms with E-state index in [1.165, 1.54) is 30.3 Å². The maximum Gasteiger partial charge on any atom is 0.229 e. The second-order valence-electron chi connectivity index (χ2n) is 7.27. The van der Waals surface area contributed by atoms with Gasteiger partial charge in [0.2, 0.25) is 6.29 Å². The molecule has 0 spiro atoms. The Bertz CT molecular complexity index is 1190. The van der Waals surface area contributed by atoms with Crippen LogP contribution in [0.3, 0.4) is 0 Å². The van der Waals surface area contributed by atoms with Crippen LogP contribution in [0.5, 0.6) is 23.0 Å². The molecule has 5 atom stereocenters. The van der Waals surface area contributed by atoms with Gasteiger partial charge < -0.3 is 49.6 Å². The van der Waals surface area contributed by atoms with Gasteiger partial charge in [-0.1, -0.05) is 0 Å². The maximum atomic E-state index is 12.5. The van der Waals surface area contributed by atoms with Crippen molar-refractivity contribution in [1.29, 1.82) is 0 Å². The molecule has 0 unspecified atom stereocenters. The highest BCUT2D eigenvalue weighted by Crippen LogP contribution is 2.36. The van der Waals surface area contributed by atoms with Gasteiger partial charge in [0, 0.05) is 17.7 Å². The van der Waals surface area contributed by atoms with Crippen molar-refractivity contribution in [2.24, 2.45) is 0 Å². The van der Waals surface area contributed by atoms with E-state index in [1.807, 2.05) is 0 Å². The zero-order valence-corrected chi connectivity index (χ0v) is 16.3. The van der Waals surface area contributed by atoms with Crippen molar-refractivity contribution in [3.8, 4) is 34.3 Å². The number of phenols is 2. The lowest BCUT2D eigenvalue weighted by atomic mass is 9.99. The first-order valence-electron chi connectivity index (χ1n) is 9.48. The van der Waals surface area contributed by atoms with Crippen LogP contribution in [-0.4, -0.2) is 68.0 Å². The summed E-state index contributed by atoms with van der Waals surface area (Å²) in [6.07, 6.45) is -7.71. The minimum atomic E-state index is -1.70. The largest absolute Gasteiger partial charge is 0.867 e. The molecule has 1 fully saturated rings. The highest BCUT2D eigenvalue weighted by atomic mass is 16.7. The summed E-state index contributed by atoms with van der Waals surface area (Å²) in [6, 6.07) is 7.50. The Kier molecular flexibility index (Phi) is 5.67. The van der Waals surface area contributed by atoms with Crippen LogP contribution in [0, 0.1) is 0 Å². The quantitative estimate of drug-likeness (QED) is 0.291. The van der Waals surface area contributed by atoms with Crippen LogP contribution in [0.2, 0.25) is 0 Å². The van der Waals surface area contributed by atoms with Crippen LogP contribution in [0.25, 0.3) is 22.3 Å². The second kappa shape index (κ2) is 8.30. The number of phenolic OH excluding ortho intramolecular Hbond substituents is 2. The van der Waals surface area contributed by atoms with E-state index >= 15 is 0 Å². The van der Waals surface area contributed by atoms with Crippen LogP contribution in [0.4, 0.5) is 0 Å². The molecular weight excluding hydrogens is 428 g/mol. The van der Waals surface area contributed by atoms with Gasteiger partial charge in [-0.15, -0.1) is 0 Å². The molecule has 6 N–H and O–H groups in total. The molecule has 0 bridgehead atoms. The molecule has 0 aliphatic carbocycles. The molecular formula is C21H19O11-. The third kappa shape index (κ3) is 3.72. The number of hydrogen-bond acceptors (Lipinski definition) is 11. The van der Waals surface area contributed by atoms with Crippen molar-refractivity contribution >= 4 is 11.0 Å². The molecule has 11 heteroatoms. The summed E-state index contributed by atoms with van der Waals surface area (Å²) >= 11 is 0. The maximum absolute atomic E-state index is 12.5. The van der Waals surface area contributed by atoms with E-state index < -0.39 is 59.6 Å². The number of aromatic hydroxyl groups is 2.